The number of benzene rings is 2. The second-order valence-corrected chi connectivity index (χ2v) is 5.98. The first kappa shape index (κ1) is 18.9. The van der Waals surface area contributed by atoms with E-state index >= 15 is 0 Å². The van der Waals surface area contributed by atoms with E-state index < -0.39 is 23.3 Å². The summed E-state index contributed by atoms with van der Waals surface area (Å²) in [6.45, 7) is -0.579. The molecular formula is C19H14N2O7. The number of esters is 1. The molecule has 2 aromatic rings. The van der Waals surface area contributed by atoms with E-state index in [1.807, 2.05) is 0 Å². The summed E-state index contributed by atoms with van der Waals surface area (Å²) in [5, 5.41) is 10.8. The van der Waals surface area contributed by atoms with Crippen molar-refractivity contribution in [1.29, 1.82) is 0 Å². The van der Waals surface area contributed by atoms with Crippen LogP contribution in [0.15, 0.2) is 48.5 Å². The quantitative estimate of drug-likeness (QED) is 0.247. The lowest BCUT2D eigenvalue weighted by atomic mass is 10.1. The standard InChI is InChI=1S/C19H14N2O7/c22-16(13-2-1-3-15(10-13)21(26)27)11-28-19(25)12-4-6-14(7-5-12)20-17(23)8-9-18(20)24/h1-7,10H,8-9,11H2. The number of carbonyl (C=O) groups excluding carboxylic acids is 4. The van der Waals surface area contributed by atoms with Gasteiger partial charge in [0.25, 0.3) is 5.69 Å². The summed E-state index contributed by atoms with van der Waals surface area (Å²) < 4.78 is 4.95. The monoisotopic (exact) mass is 382 g/mol. The Balaban J connectivity index is 1.63. The van der Waals surface area contributed by atoms with E-state index in [2.05, 4.69) is 0 Å². The molecule has 0 radical (unpaired) electrons. The summed E-state index contributed by atoms with van der Waals surface area (Å²) in [6.07, 6.45) is 0.310. The maximum atomic E-state index is 12.1. The molecule has 3 rings (SSSR count). The Morgan fingerprint density at radius 2 is 1.64 bits per heavy atom. The fourth-order valence-electron chi connectivity index (χ4n) is 2.70. The highest BCUT2D eigenvalue weighted by Crippen LogP contribution is 2.23. The average Bonchev–Trinajstić information content (AvgIpc) is 3.04. The van der Waals surface area contributed by atoms with Crippen molar-refractivity contribution in [3.63, 3.8) is 0 Å². The second kappa shape index (κ2) is 7.78. The Labute approximate surface area is 158 Å². The number of nitro benzene ring substituents is 1. The van der Waals surface area contributed by atoms with E-state index in [0.29, 0.717) is 5.69 Å². The van der Waals surface area contributed by atoms with Crippen molar-refractivity contribution >= 4 is 34.9 Å². The van der Waals surface area contributed by atoms with Crippen LogP contribution in [0.4, 0.5) is 11.4 Å². The molecule has 142 valence electrons. The van der Waals surface area contributed by atoms with Gasteiger partial charge in [-0.15, -0.1) is 0 Å². The van der Waals surface area contributed by atoms with Crippen LogP contribution in [0.5, 0.6) is 0 Å². The summed E-state index contributed by atoms with van der Waals surface area (Å²) in [6, 6.07) is 10.8. The van der Waals surface area contributed by atoms with Crippen LogP contribution in [-0.2, 0) is 14.3 Å². The number of amides is 2. The zero-order chi connectivity index (χ0) is 20.3. The normalized spacial score (nSPS) is 13.5. The molecule has 1 aliphatic heterocycles. The molecule has 1 heterocycles. The van der Waals surface area contributed by atoms with Crippen LogP contribution in [0, 0.1) is 10.1 Å². The van der Waals surface area contributed by atoms with E-state index in [1.165, 1.54) is 42.5 Å². The van der Waals surface area contributed by atoms with E-state index in [1.54, 1.807) is 0 Å². The van der Waals surface area contributed by atoms with Crippen LogP contribution in [0.2, 0.25) is 0 Å². The number of hydrogen-bond acceptors (Lipinski definition) is 7. The number of carbonyl (C=O) groups is 4. The Hall–Kier alpha value is -3.88. The number of Topliss-reactive ketones (excluding diaryl/α,β-unsaturated/α-hetero) is 1. The number of imide groups is 1. The van der Waals surface area contributed by atoms with Crippen LogP contribution >= 0.6 is 0 Å². The number of nitrogens with zero attached hydrogens (tertiary/aromatic N) is 2. The lowest BCUT2D eigenvalue weighted by molar-refractivity contribution is -0.384. The number of ether oxygens (including phenoxy) is 1. The largest absolute Gasteiger partial charge is 0.454 e. The van der Waals surface area contributed by atoms with Gasteiger partial charge in [-0.25, -0.2) is 4.79 Å². The highest BCUT2D eigenvalue weighted by Gasteiger charge is 2.30. The summed E-state index contributed by atoms with van der Waals surface area (Å²) in [4.78, 5) is 58.8. The summed E-state index contributed by atoms with van der Waals surface area (Å²) >= 11 is 0. The van der Waals surface area contributed by atoms with Crippen LogP contribution in [0.25, 0.3) is 0 Å². The van der Waals surface area contributed by atoms with Crippen LogP contribution in [0.3, 0.4) is 0 Å². The highest BCUT2D eigenvalue weighted by molar-refractivity contribution is 6.19. The van der Waals surface area contributed by atoms with Gasteiger partial charge >= 0.3 is 5.97 Å². The van der Waals surface area contributed by atoms with Gasteiger partial charge in [0.05, 0.1) is 16.2 Å². The molecule has 2 aromatic carbocycles. The van der Waals surface area contributed by atoms with E-state index in [0.717, 1.165) is 11.0 Å². The fraction of sp³-hybridized carbons (Fsp3) is 0.158. The van der Waals surface area contributed by atoms with Crippen molar-refractivity contribution in [2.24, 2.45) is 0 Å². The predicted molar refractivity (Wildman–Crippen MR) is 95.9 cm³/mol. The van der Waals surface area contributed by atoms with Crippen molar-refractivity contribution < 1.29 is 28.8 Å². The Morgan fingerprint density at radius 3 is 2.25 bits per heavy atom. The number of hydrogen-bond donors (Lipinski definition) is 0. The van der Waals surface area contributed by atoms with Gasteiger partial charge in [-0.2, -0.15) is 0 Å². The van der Waals surface area contributed by atoms with E-state index in [-0.39, 0.29) is 41.5 Å². The van der Waals surface area contributed by atoms with Crippen molar-refractivity contribution in [1.82, 2.24) is 0 Å². The van der Waals surface area contributed by atoms with Crippen molar-refractivity contribution in [3.8, 4) is 0 Å². The molecule has 0 atom stereocenters. The lowest BCUT2D eigenvalue weighted by Gasteiger charge is -2.14. The molecule has 1 fully saturated rings. The maximum absolute atomic E-state index is 12.1. The predicted octanol–water partition coefficient (Wildman–Crippen LogP) is 2.29. The molecule has 0 aromatic heterocycles. The third kappa shape index (κ3) is 3.93. The van der Waals surface area contributed by atoms with Gasteiger partial charge < -0.3 is 4.74 Å². The summed E-state index contributed by atoms with van der Waals surface area (Å²) in [7, 11) is 0. The molecule has 0 unspecified atom stereocenters. The number of rotatable bonds is 6. The minimum atomic E-state index is -0.774. The van der Waals surface area contributed by atoms with Gasteiger partial charge in [0.1, 0.15) is 0 Å². The lowest BCUT2D eigenvalue weighted by Crippen LogP contribution is -2.28. The second-order valence-electron chi connectivity index (χ2n) is 5.98. The summed E-state index contributed by atoms with van der Waals surface area (Å²) in [5.41, 5.74) is 0.314. The molecule has 0 spiro atoms. The summed E-state index contributed by atoms with van der Waals surface area (Å²) in [5.74, 6) is -1.96. The molecule has 0 N–H and O–H groups in total. The Morgan fingerprint density at radius 1 is 1.00 bits per heavy atom. The molecular weight excluding hydrogens is 368 g/mol. The minimum Gasteiger partial charge on any atom is -0.454 e. The molecule has 2 amide bonds. The van der Waals surface area contributed by atoms with Crippen molar-refractivity contribution in [2.45, 2.75) is 12.8 Å². The Kier molecular flexibility index (Phi) is 5.25. The molecule has 0 aliphatic carbocycles. The van der Waals surface area contributed by atoms with Crippen LogP contribution < -0.4 is 4.90 Å². The zero-order valence-electron chi connectivity index (χ0n) is 14.5. The third-order valence-corrected chi connectivity index (χ3v) is 4.13. The molecule has 0 bridgehead atoms. The molecule has 28 heavy (non-hydrogen) atoms. The highest BCUT2D eigenvalue weighted by atomic mass is 16.6. The molecule has 1 saturated heterocycles. The Bertz CT molecular complexity index is 966. The fourth-order valence-corrected chi connectivity index (χ4v) is 2.70. The van der Waals surface area contributed by atoms with Gasteiger partial charge in [-0.1, -0.05) is 12.1 Å². The van der Waals surface area contributed by atoms with Gasteiger partial charge in [-0.3, -0.25) is 29.4 Å². The van der Waals surface area contributed by atoms with Crippen molar-refractivity contribution in [2.75, 3.05) is 11.5 Å². The first-order chi connectivity index (χ1) is 13.4. The third-order valence-electron chi connectivity index (χ3n) is 4.13. The van der Waals surface area contributed by atoms with Gasteiger partial charge in [0.2, 0.25) is 17.6 Å². The zero-order valence-corrected chi connectivity index (χ0v) is 14.5. The van der Waals surface area contributed by atoms with Gasteiger partial charge in [0, 0.05) is 30.5 Å². The maximum Gasteiger partial charge on any atom is 0.338 e. The van der Waals surface area contributed by atoms with Gasteiger partial charge in [-0.05, 0) is 24.3 Å². The SMILES string of the molecule is O=C(COC(=O)c1ccc(N2C(=O)CCC2=O)cc1)c1cccc([N+](=O)[O-])c1. The topological polar surface area (TPSA) is 124 Å². The first-order valence-electron chi connectivity index (χ1n) is 8.27. The van der Waals surface area contributed by atoms with E-state index in [9.17, 15) is 29.3 Å². The molecule has 1 aliphatic rings. The van der Waals surface area contributed by atoms with E-state index in [4.69, 9.17) is 4.74 Å². The number of non-ortho nitro benzene ring substituents is 1. The molecule has 0 saturated carbocycles. The first-order valence-corrected chi connectivity index (χ1v) is 8.27. The van der Waals surface area contributed by atoms with Gasteiger partial charge in [0.15, 0.2) is 6.61 Å². The average molecular weight is 382 g/mol. The minimum absolute atomic E-state index is 0.0587. The van der Waals surface area contributed by atoms with Crippen molar-refractivity contribution in [3.05, 3.63) is 69.8 Å². The smallest absolute Gasteiger partial charge is 0.338 e. The number of anilines is 1. The molecule has 9 nitrogen and oxygen atoms in total. The van der Waals surface area contributed by atoms with Crippen LogP contribution in [-0.4, -0.2) is 35.1 Å². The number of ketones is 1. The number of nitro groups is 1. The molecule has 9 heteroatoms. The van der Waals surface area contributed by atoms with Crippen LogP contribution in [0.1, 0.15) is 33.6 Å².